The maximum atomic E-state index is 13.2. The number of benzene rings is 3. The fourth-order valence-corrected chi connectivity index (χ4v) is 5.45. The molecule has 0 bridgehead atoms. The molecule has 12 heteroatoms. The molecule has 8 nitrogen and oxygen atoms in total. The van der Waals surface area contributed by atoms with Crippen LogP contribution in [0.25, 0.3) is 0 Å². The van der Waals surface area contributed by atoms with E-state index in [2.05, 4.69) is 10.0 Å². The Morgan fingerprint density at radius 2 is 1.57 bits per heavy atom. The Morgan fingerprint density at radius 1 is 0.943 bits per heavy atom. The number of carbonyl (C=O) groups excluding carboxylic acids is 1. The van der Waals surface area contributed by atoms with Gasteiger partial charge in [-0.3, -0.25) is 13.8 Å². The van der Waals surface area contributed by atoms with Crippen LogP contribution in [0, 0.1) is 5.82 Å². The molecule has 2 N–H and O–H groups in total. The molecular formula is C23H23ClFN3O5S2. The average Bonchev–Trinajstić information content (AvgIpc) is 2.78. The lowest BCUT2D eigenvalue weighted by Crippen LogP contribution is -2.31. The third kappa shape index (κ3) is 7.41. The van der Waals surface area contributed by atoms with Crippen LogP contribution in [0.3, 0.4) is 0 Å². The second kappa shape index (κ2) is 11.1. The largest absolute Gasteiger partial charge is 0.326 e. The Balaban J connectivity index is 1.57. The number of amides is 1. The van der Waals surface area contributed by atoms with E-state index in [1.165, 1.54) is 42.5 Å². The van der Waals surface area contributed by atoms with Gasteiger partial charge in [0.25, 0.3) is 10.0 Å². The molecule has 35 heavy (non-hydrogen) atoms. The quantitative estimate of drug-likeness (QED) is 0.395. The molecule has 0 heterocycles. The van der Waals surface area contributed by atoms with Gasteiger partial charge >= 0.3 is 0 Å². The highest BCUT2D eigenvalue weighted by Crippen LogP contribution is 2.25. The van der Waals surface area contributed by atoms with Crippen molar-refractivity contribution in [2.45, 2.75) is 17.7 Å². The third-order valence-electron chi connectivity index (χ3n) is 4.85. The number of rotatable bonds is 10. The first-order valence-corrected chi connectivity index (χ1v) is 14.1. The molecule has 0 aliphatic heterocycles. The third-order valence-corrected chi connectivity index (χ3v) is 7.75. The van der Waals surface area contributed by atoms with Gasteiger partial charge in [-0.1, -0.05) is 23.7 Å². The number of hydrogen-bond acceptors (Lipinski definition) is 5. The number of carbonyl (C=O) groups is 1. The molecular weight excluding hydrogens is 517 g/mol. The summed E-state index contributed by atoms with van der Waals surface area (Å²) in [6.07, 6.45) is 1.26. The molecule has 3 aromatic rings. The molecule has 0 aliphatic rings. The molecule has 0 saturated heterocycles. The van der Waals surface area contributed by atoms with E-state index in [-0.39, 0.29) is 40.9 Å². The van der Waals surface area contributed by atoms with Crippen LogP contribution in [0.15, 0.2) is 77.7 Å². The zero-order chi connectivity index (χ0) is 25.6. The molecule has 0 spiro atoms. The molecule has 0 radical (unpaired) electrons. The summed E-state index contributed by atoms with van der Waals surface area (Å²) in [6.45, 7) is 0.0305. The first-order valence-electron chi connectivity index (χ1n) is 10.4. The Kier molecular flexibility index (Phi) is 8.36. The van der Waals surface area contributed by atoms with E-state index in [1.54, 1.807) is 18.2 Å². The standard InChI is InChI=1S/C23H23ClFN3O5S2/c1-34(30,31)28(19-12-8-17(25)9-13-19)16-4-7-23(29)26-18-10-14-20(15-11-18)35(32,33)27-22-6-3-2-5-21(22)24/h2-3,5-6,8-15,27H,4,7,16H2,1H3,(H,26,29). The van der Waals surface area contributed by atoms with Crippen LogP contribution in [0.4, 0.5) is 21.5 Å². The summed E-state index contributed by atoms with van der Waals surface area (Å²) in [5.41, 5.74) is 0.928. The van der Waals surface area contributed by atoms with E-state index in [0.29, 0.717) is 11.4 Å². The van der Waals surface area contributed by atoms with Crippen LogP contribution in [-0.4, -0.2) is 35.5 Å². The normalized spacial score (nSPS) is 11.6. The summed E-state index contributed by atoms with van der Waals surface area (Å²) < 4.78 is 66.0. The second-order valence-corrected chi connectivity index (χ2v) is 11.6. The van der Waals surface area contributed by atoms with E-state index < -0.39 is 25.9 Å². The summed E-state index contributed by atoms with van der Waals surface area (Å²) in [5.74, 6) is -0.859. The highest BCUT2D eigenvalue weighted by molar-refractivity contribution is 7.92. The smallest absolute Gasteiger partial charge is 0.261 e. The minimum absolute atomic E-state index is 0.0152. The Labute approximate surface area is 208 Å². The van der Waals surface area contributed by atoms with Crippen molar-refractivity contribution in [2.75, 3.05) is 27.1 Å². The Bertz CT molecular complexity index is 1400. The second-order valence-electron chi connectivity index (χ2n) is 7.57. The van der Waals surface area contributed by atoms with Crippen molar-refractivity contribution in [1.82, 2.24) is 0 Å². The molecule has 0 saturated carbocycles. The predicted octanol–water partition coefficient (Wildman–Crippen LogP) is 4.46. The van der Waals surface area contributed by atoms with Gasteiger partial charge in [0.05, 0.1) is 27.5 Å². The van der Waals surface area contributed by atoms with Crippen LogP contribution in [0.2, 0.25) is 5.02 Å². The summed E-state index contributed by atoms with van der Waals surface area (Å²) in [4.78, 5) is 12.3. The van der Waals surface area contributed by atoms with Gasteiger partial charge in [-0.15, -0.1) is 0 Å². The molecule has 0 atom stereocenters. The maximum absolute atomic E-state index is 13.2. The highest BCUT2D eigenvalue weighted by atomic mass is 35.5. The predicted molar refractivity (Wildman–Crippen MR) is 135 cm³/mol. The van der Waals surface area contributed by atoms with Crippen LogP contribution in [-0.2, 0) is 24.8 Å². The first kappa shape index (κ1) is 26.5. The van der Waals surface area contributed by atoms with Crippen LogP contribution in [0.5, 0.6) is 0 Å². The van der Waals surface area contributed by atoms with Crippen molar-refractivity contribution in [1.29, 1.82) is 0 Å². The topological polar surface area (TPSA) is 113 Å². The SMILES string of the molecule is CS(=O)(=O)N(CCCC(=O)Nc1ccc(S(=O)(=O)Nc2ccccc2Cl)cc1)c1ccc(F)cc1. The average molecular weight is 540 g/mol. The summed E-state index contributed by atoms with van der Waals surface area (Å²) in [6, 6.07) is 17.0. The lowest BCUT2D eigenvalue weighted by molar-refractivity contribution is -0.116. The van der Waals surface area contributed by atoms with Gasteiger partial charge < -0.3 is 5.32 Å². The molecule has 0 unspecified atom stereocenters. The van der Waals surface area contributed by atoms with Gasteiger partial charge in [0.1, 0.15) is 5.82 Å². The fraction of sp³-hybridized carbons (Fsp3) is 0.174. The number of sulfonamides is 2. The van der Waals surface area contributed by atoms with E-state index in [9.17, 15) is 26.0 Å². The lowest BCUT2D eigenvalue weighted by Gasteiger charge is -2.22. The summed E-state index contributed by atoms with van der Waals surface area (Å²) in [5, 5.41) is 2.90. The van der Waals surface area contributed by atoms with Crippen molar-refractivity contribution in [3.63, 3.8) is 0 Å². The van der Waals surface area contributed by atoms with Crippen LogP contribution < -0.4 is 14.3 Å². The van der Waals surface area contributed by atoms with Crippen molar-refractivity contribution >= 4 is 54.6 Å². The number of halogens is 2. The van der Waals surface area contributed by atoms with Gasteiger partial charge in [-0.2, -0.15) is 0 Å². The Morgan fingerprint density at radius 3 is 2.17 bits per heavy atom. The monoisotopic (exact) mass is 539 g/mol. The molecule has 3 aromatic carbocycles. The van der Waals surface area contributed by atoms with Crippen molar-refractivity contribution in [3.05, 3.63) is 83.6 Å². The number of nitrogens with one attached hydrogen (secondary N) is 2. The van der Waals surface area contributed by atoms with E-state index in [0.717, 1.165) is 22.7 Å². The molecule has 0 fully saturated rings. The van der Waals surface area contributed by atoms with Crippen LogP contribution in [0.1, 0.15) is 12.8 Å². The zero-order valence-electron chi connectivity index (χ0n) is 18.6. The molecule has 0 aliphatic carbocycles. The lowest BCUT2D eigenvalue weighted by atomic mass is 10.2. The number of nitrogens with zero attached hydrogens (tertiary/aromatic N) is 1. The van der Waals surface area contributed by atoms with Crippen molar-refractivity contribution in [2.24, 2.45) is 0 Å². The van der Waals surface area contributed by atoms with E-state index >= 15 is 0 Å². The maximum Gasteiger partial charge on any atom is 0.261 e. The van der Waals surface area contributed by atoms with Gasteiger partial charge in [0, 0.05) is 18.7 Å². The zero-order valence-corrected chi connectivity index (χ0v) is 21.0. The number of hydrogen-bond donors (Lipinski definition) is 2. The molecule has 1 amide bonds. The van der Waals surface area contributed by atoms with Gasteiger partial charge in [-0.05, 0) is 67.1 Å². The summed E-state index contributed by atoms with van der Waals surface area (Å²) >= 11 is 6.00. The van der Waals surface area contributed by atoms with Gasteiger partial charge in [0.15, 0.2) is 0 Å². The highest BCUT2D eigenvalue weighted by Gasteiger charge is 2.18. The summed E-state index contributed by atoms with van der Waals surface area (Å²) in [7, 11) is -7.50. The van der Waals surface area contributed by atoms with E-state index in [4.69, 9.17) is 11.6 Å². The minimum Gasteiger partial charge on any atom is -0.326 e. The Hall–Kier alpha value is -3.15. The molecule has 3 rings (SSSR count). The van der Waals surface area contributed by atoms with Crippen molar-refractivity contribution in [3.8, 4) is 0 Å². The number of anilines is 3. The molecule has 0 aromatic heterocycles. The van der Waals surface area contributed by atoms with Crippen molar-refractivity contribution < 1.29 is 26.0 Å². The van der Waals surface area contributed by atoms with Gasteiger partial charge in [0.2, 0.25) is 15.9 Å². The van der Waals surface area contributed by atoms with E-state index in [1.807, 2.05) is 0 Å². The van der Waals surface area contributed by atoms with Gasteiger partial charge in [-0.25, -0.2) is 21.2 Å². The number of para-hydroxylation sites is 1. The molecule has 186 valence electrons. The van der Waals surface area contributed by atoms with Crippen LogP contribution >= 0.6 is 11.6 Å². The minimum atomic E-state index is -3.88. The first-order chi connectivity index (χ1) is 16.5. The fourth-order valence-electron chi connectivity index (χ4n) is 3.17.